The Morgan fingerprint density at radius 1 is 1.41 bits per heavy atom. The van der Waals surface area contributed by atoms with Gasteiger partial charge in [0.25, 0.3) is 5.91 Å². The van der Waals surface area contributed by atoms with Gasteiger partial charge >= 0.3 is 0 Å². The predicted molar refractivity (Wildman–Crippen MR) is 71.0 cm³/mol. The van der Waals surface area contributed by atoms with Crippen molar-refractivity contribution in [2.75, 3.05) is 13.6 Å². The van der Waals surface area contributed by atoms with Crippen LogP contribution in [0.15, 0.2) is 24.3 Å². The van der Waals surface area contributed by atoms with E-state index in [-0.39, 0.29) is 11.9 Å². The highest BCUT2D eigenvalue weighted by Gasteiger charge is 2.18. The van der Waals surface area contributed by atoms with E-state index in [4.69, 9.17) is 5.73 Å². The minimum Gasteiger partial charge on any atom is -0.339 e. The van der Waals surface area contributed by atoms with Gasteiger partial charge in [-0.3, -0.25) is 4.79 Å². The van der Waals surface area contributed by atoms with Gasteiger partial charge in [0, 0.05) is 18.7 Å². The maximum Gasteiger partial charge on any atom is 0.254 e. The first-order valence-corrected chi connectivity index (χ1v) is 6.17. The van der Waals surface area contributed by atoms with Crippen LogP contribution >= 0.6 is 0 Å². The van der Waals surface area contributed by atoms with Crippen LogP contribution < -0.4 is 5.73 Å². The topological polar surface area (TPSA) is 46.3 Å². The Kier molecular flexibility index (Phi) is 5.16. The van der Waals surface area contributed by atoms with Gasteiger partial charge < -0.3 is 10.6 Å². The molecule has 2 N–H and O–H groups in total. The normalized spacial score (nSPS) is 12.2. The molecule has 0 heterocycles. The van der Waals surface area contributed by atoms with Gasteiger partial charge in [-0.2, -0.15) is 0 Å². The molecular formula is C14H22N2O. The lowest BCUT2D eigenvalue weighted by molar-refractivity contribution is 0.0738. The number of aryl methyl sites for hydroxylation is 1. The molecule has 17 heavy (non-hydrogen) atoms. The molecule has 0 saturated heterocycles. The maximum absolute atomic E-state index is 12.3. The zero-order chi connectivity index (χ0) is 12.8. The molecule has 0 bridgehead atoms. The summed E-state index contributed by atoms with van der Waals surface area (Å²) < 4.78 is 0. The molecule has 1 atom stereocenters. The summed E-state index contributed by atoms with van der Waals surface area (Å²) in [5, 5.41) is 0. The van der Waals surface area contributed by atoms with Gasteiger partial charge in [-0.05, 0) is 37.9 Å². The van der Waals surface area contributed by atoms with Gasteiger partial charge in [0.2, 0.25) is 0 Å². The molecule has 1 aromatic rings. The van der Waals surface area contributed by atoms with E-state index in [1.165, 1.54) is 0 Å². The number of carbonyl (C=O) groups is 1. The quantitative estimate of drug-likeness (QED) is 0.847. The highest BCUT2D eigenvalue weighted by atomic mass is 16.2. The van der Waals surface area contributed by atoms with E-state index >= 15 is 0 Å². The van der Waals surface area contributed by atoms with Crippen LogP contribution in [0.25, 0.3) is 0 Å². The van der Waals surface area contributed by atoms with E-state index in [1.807, 2.05) is 38.2 Å². The summed E-state index contributed by atoms with van der Waals surface area (Å²) in [6, 6.07) is 7.96. The second-order valence-corrected chi connectivity index (χ2v) is 4.35. The van der Waals surface area contributed by atoms with Crippen molar-refractivity contribution >= 4 is 5.91 Å². The van der Waals surface area contributed by atoms with Crippen LogP contribution in [-0.2, 0) is 6.42 Å². The fraction of sp³-hybridized carbons (Fsp3) is 0.500. The second-order valence-electron chi connectivity index (χ2n) is 4.35. The predicted octanol–water partition coefficient (Wildman–Crippen LogP) is 2.06. The van der Waals surface area contributed by atoms with Crippen LogP contribution in [0.1, 0.15) is 36.2 Å². The van der Waals surface area contributed by atoms with E-state index in [2.05, 4.69) is 6.92 Å². The van der Waals surface area contributed by atoms with Crippen LogP contribution in [0.2, 0.25) is 0 Å². The molecule has 0 fully saturated rings. The van der Waals surface area contributed by atoms with E-state index in [0.29, 0.717) is 6.54 Å². The lowest BCUT2D eigenvalue weighted by atomic mass is 10.0. The average Bonchev–Trinajstić information content (AvgIpc) is 2.37. The summed E-state index contributed by atoms with van der Waals surface area (Å²) in [6.45, 7) is 4.70. The highest BCUT2D eigenvalue weighted by Crippen LogP contribution is 2.14. The van der Waals surface area contributed by atoms with Crippen molar-refractivity contribution in [3.8, 4) is 0 Å². The first-order valence-electron chi connectivity index (χ1n) is 6.17. The minimum atomic E-state index is 0.0865. The van der Waals surface area contributed by atoms with Crippen LogP contribution in [0.3, 0.4) is 0 Å². The molecule has 0 spiro atoms. The van der Waals surface area contributed by atoms with Gasteiger partial charge in [0.05, 0.1) is 0 Å². The molecule has 1 rings (SSSR count). The molecule has 0 radical (unpaired) electrons. The summed E-state index contributed by atoms with van der Waals surface area (Å²) in [5.41, 5.74) is 7.43. The molecule has 1 amide bonds. The van der Waals surface area contributed by atoms with Crippen molar-refractivity contribution in [2.24, 2.45) is 5.73 Å². The number of nitrogens with two attached hydrogens (primary N) is 1. The second kappa shape index (κ2) is 6.40. The Balaban J connectivity index is 2.88. The fourth-order valence-electron chi connectivity index (χ4n) is 1.86. The average molecular weight is 234 g/mol. The van der Waals surface area contributed by atoms with Crippen LogP contribution in [-0.4, -0.2) is 30.4 Å². The molecule has 3 heteroatoms. The SMILES string of the molecule is CCc1ccccc1C(=O)N(C)C(C)CCN. The lowest BCUT2D eigenvalue weighted by Crippen LogP contribution is -2.36. The van der Waals surface area contributed by atoms with Gasteiger partial charge in [-0.1, -0.05) is 25.1 Å². The Morgan fingerprint density at radius 3 is 2.65 bits per heavy atom. The van der Waals surface area contributed by atoms with Crippen molar-refractivity contribution in [3.63, 3.8) is 0 Å². The van der Waals surface area contributed by atoms with Gasteiger partial charge in [-0.15, -0.1) is 0 Å². The standard InChI is InChI=1S/C14H22N2O/c1-4-12-7-5-6-8-13(12)14(17)16(3)11(2)9-10-15/h5-8,11H,4,9-10,15H2,1-3H3. The summed E-state index contributed by atoms with van der Waals surface area (Å²) in [5.74, 6) is 0.0865. The first kappa shape index (κ1) is 13.7. The van der Waals surface area contributed by atoms with Gasteiger partial charge in [-0.25, -0.2) is 0 Å². The van der Waals surface area contributed by atoms with Crippen molar-refractivity contribution in [2.45, 2.75) is 32.7 Å². The molecule has 1 aromatic carbocycles. The van der Waals surface area contributed by atoms with Crippen molar-refractivity contribution < 1.29 is 4.79 Å². The fourth-order valence-corrected chi connectivity index (χ4v) is 1.86. The third-order valence-electron chi connectivity index (χ3n) is 3.19. The van der Waals surface area contributed by atoms with Crippen molar-refractivity contribution in [1.29, 1.82) is 0 Å². The minimum absolute atomic E-state index is 0.0865. The van der Waals surface area contributed by atoms with E-state index in [1.54, 1.807) is 4.90 Å². The molecule has 0 aliphatic rings. The monoisotopic (exact) mass is 234 g/mol. The largest absolute Gasteiger partial charge is 0.339 e. The molecule has 3 nitrogen and oxygen atoms in total. The molecule has 0 saturated carbocycles. The molecule has 0 aromatic heterocycles. The van der Waals surface area contributed by atoms with Gasteiger partial charge in [0.15, 0.2) is 0 Å². The lowest BCUT2D eigenvalue weighted by Gasteiger charge is -2.25. The van der Waals surface area contributed by atoms with Crippen LogP contribution in [0, 0.1) is 0 Å². The Bertz CT molecular complexity index is 376. The molecule has 1 unspecified atom stereocenters. The van der Waals surface area contributed by atoms with Crippen molar-refractivity contribution in [3.05, 3.63) is 35.4 Å². The Hall–Kier alpha value is -1.35. The number of rotatable bonds is 5. The molecule has 94 valence electrons. The maximum atomic E-state index is 12.3. The van der Waals surface area contributed by atoms with Gasteiger partial charge in [0.1, 0.15) is 0 Å². The molecular weight excluding hydrogens is 212 g/mol. The highest BCUT2D eigenvalue weighted by molar-refractivity contribution is 5.95. The zero-order valence-electron chi connectivity index (χ0n) is 10.9. The smallest absolute Gasteiger partial charge is 0.254 e. The van der Waals surface area contributed by atoms with E-state index < -0.39 is 0 Å². The number of hydrogen-bond donors (Lipinski definition) is 1. The van der Waals surface area contributed by atoms with E-state index in [9.17, 15) is 4.79 Å². The first-order chi connectivity index (χ1) is 8.11. The van der Waals surface area contributed by atoms with Crippen molar-refractivity contribution in [1.82, 2.24) is 4.90 Å². The number of carbonyl (C=O) groups excluding carboxylic acids is 1. The number of hydrogen-bond acceptors (Lipinski definition) is 2. The summed E-state index contributed by atoms with van der Waals surface area (Å²) in [7, 11) is 1.84. The number of nitrogens with zero attached hydrogens (tertiary/aromatic N) is 1. The van der Waals surface area contributed by atoms with Crippen LogP contribution in [0.4, 0.5) is 0 Å². The Labute approximate surface area is 104 Å². The third-order valence-corrected chi connectivity index (χ3v) is 3.19. The summed E-state index contributed by atoms with van der Waals surface area (Å²) >= 11 is 0. The third kappa shape index (κ3) is 3.30. The molecule has 0 aliphatic carbocycles. The zero-order valence-corrected chi connectivity index (χ0v) is 10.9. The van der Waals surface area contributed by atoms with E-state index in [0.717, 1.165) is 24.0 Å². The molecule has 0 aliphatic heterocycles. The number of amides is 1. The van der Waals surface area contributed by atoms with Crippen LogP contribution in [0.5, 0.6) is 0 Å². The Morgan fingerprint density at radius 2 is 2.06 bits per heavy atom. The summed E-state index contributed by atoms with van der Waals surface area (Å²) in [6.07, 6.45) is 1.71. The summed E-state index contributed by atoms with van der Waals surface area (Å²) in [4.78, 5) is 14.1. The number of benzene rings is 1.